The van der Waals surface area contributed by atoms with Gasteiger partial charge >= 0.3 is 0 Å². The molecule has 0 bridgehead atoms. The topological polar surface area (TPSA) is 77.6 Å². The van der Waals surface area contributed by atoms with E-state index in [2.05, 4.69) is 29.2 Å². The number of nitrogens with zero attached hydrogens (tertiary/aromatic N) is 5. The average Bonchev–Trinajstić information content (AvgIpc) is 3.40. The number of carbonyl (C=O) groups excluding carboxylic acids is 1. The van der Waals surface area contributed by atoms with E-state index in [1.807, 2.05) is 51.8 Å². The molecule has 0 aliphatic carbocycles. The van der Waals surface area contributed by atoms with Gasteiger partial charge in [0.1, 0.15) is 0 Å². The molecule has 1 aromatic carbocycles. The second-order valence-electron chi connectivity index (χ2n) is 7.25. The number of carbonyl (C=O) groups is 1. The first-order valence-corrected chi connectivity index (χ1v) is 9.81. The minimum Gasteiger partial charge on any atom is -0.352 e. The summed E-state index contributed by atoms with van der Waals surface area (Å²) in [6, 6.07) is 11.9. The van der Waals surface area contributed by atoms with Crippen LogP contribution in [-0.4, -0.2) is 36.8 Å². The van der Waals surface area contributed by atoms with Crippen molar-refractivity contribution in [1.29, 1.82) is 0 Å². The predicted octanol–water partition coefficient (Wildman–Crippen LogP) is 3.70. The molecule has 0 radical (unpaired) electrons. The maximum Gasteiger partial charge on any atom is 0.252 e. The van der Waals surface area contributed by atoms with Crippen LogP contribution in [0.2, 0.25) is 0 Å². The fourth-order valence-electron chi connectivity index (χ4n) is 3.32. The lowest BCUT2D eigenvalue weighted by atomic mass is 10.1. The molecule has 0 atom stereocenters. The minimum absolute atomic E-state index is 0.108. The number of nitrogens with one attached hydrogen (secondary N) is 1. The largest absolute Gasteiger partial charge is 0.352 e. The van der Waals surface area contributed by atoms with Crippen molar-refractivity contribution in [2.24, 2.45) is 0 Å². The molecular formula is C22H24N6O. The maximum absolute atomic E-state index is 13.0. The molecule has 0 saturated heterocycles. The molecule has 0 aliphatic rings. The SMILES string of the molecule is CC(C)n1ncc2c(C(=O)NCCCn3ccnc3)cc(-c3ccccc3)nc21. The van der Waals surface area contributed by atoms with Gasteiger partial charge in [0.05, 0.1) is 29.2 Å². The molecule has 0 aliphatic heterocycles. The van der Waals surface area contributed by atoms with Gasteiger partial charge in [-0.1, -0.05) is 30.3 Å². The lowest BCUT2D eigenvalue weighted by Crippen LogP contribution is -2.25. The number of rotatable bonds is 7. The van der Waals surface area contributed by atoms with E-state index < -0.39 is 0 Å². The van der Waals surface area contributed by atoms with Crippen LogP contribution in [0.25, 0.3) is 22.3 Å². The molecule has 0 fully saturated rings. The molecule has 1 N–H and O–H groups in total. The Morgan fingerprint density at radius 1 is 1.21 bits per heavy atom. The number of imidazole rings is 1. The third kappa shape index (κ3) is 4.03. The van der Waals surface area contributed by atoms with E-state index in [1.165, 1.54) is 0 Å². The average molecular weight is 388 g/mol. The molecule has 29 heavy (non-hydrogen) atoms. The molecule has 0 unspecified atom stereocenters. The highest BCUT2D eigenvalue weighted by Gasteiger charge is 2.18. The van der Waals surface area contributed by atoms with Gasteiger partial charge in [0.25, 0.3) is 5.91 Å². The summed E-state index contributed by atoms with van der Waals surface area (Å²) in [5.41, 5.74) is 3.07. The van der Waals surface area contributed by atoms with Crippen LogP contribution in [0.1, 0.15) is 36.7 Å². The van der Waals surface area contributed by atoms with E-state index >= 15 is 0 Å². The van der Waals surface area contributed by atoms with Gasteiger partial charge in [-0.2, -0.15) is 5.10 Å². The van der Waals surface area contributed by atoms with Gasteiger partial charge in [-0.05, 0) is 26.3 Å². The molecule has 4 rings (SSSR count). The second-order valence-corrected chi connectivity index (χ2v) is 7.25. The van der Waals surface area contributed by atoms with Crippen molar-refractivity contribution in [3.8, 4) is 11.3 Å². The summed E-state index contributed by atoms with van der Waals surface area (Å²) in [7, 11) is 0. The smallest absolute Gasteiger partial charge is 0.252 e. The molecule has 7 nitrogen and oxygen atoms in total. The molecule has 3 aromatic heterocycles. The fourth-order valence-corrected chi connectivity index (χ4v) is 3.32. The van der Waals surface area contributed by atoms with E-state index in [1.54, 1.807) is 18.7 Å². The van der Waals surface area contributed by atoms with Crippen LogP contribution in [0.15, 0.2) is 61.3 Å². The van der Waals surface area contributed by atoms with E-state index in [0.717, 1.165) is 35.3 Å². The fraction of sp³-hybridized carbons (Fsp3) is 0.273. The summed E-state index contributed by atoms with van der Waals surface area (Å²) in [6.45, 7) is 5.50. The first-order chi connectivity index (χ1) is 14.1. The third-order valence-corrected chi connectivity index (χ3v) is 4.81. The molecule has 0 spiro atoms. The van der Waals surface area contributed by atoms with Crippen molar-refractivity contribution in [2.45, 2.75) is 32.9 Å². The molecule has 0 saturated carbocycles. The quantitative estimate of drug-likeness (QED) is 0.490. The number of benzene rings is 1. The first kappa shape index (κ1) is 18.9. The van der Waals surface area contributed by atoms with Crippen molar-refractivity contribution in [2.75, 3.05) is 6.54 Å². The maximum atomic E-state index is 13.0. The standard InChI is InChI=1S/C22H24N6O/c1-16(2)28-21-19(14-25-28)18(13-20(26-21)17-7-4-3-5-8-17)22(29)24-9-6-11-27-12-10-23-15-27/h3-5,7-8,10,12-16H,6,9,11H2,1-2H3,(H,24,29). The Morgan fingerprint density at radius 2 is 2.03 bits per heavy atom. The highest BCUT2D eigenvalue weighted by molar-refractivity contribution is 6.06. The van der Waals surface area contributed by atoms with Gasteiger partial charge in [-0.25, -0.2) is 14.6 Å². The Labute approximate surface area is 169 Å². The highest BCUT2D eigenvalue weighted by Crippen LogP contribution is 2.26. The Balaban J connectivity index is 1.62. The van der Waals surface area contributed by atoms with Gasteiger partial charge in [-0.15, -0.1) is 0 Å². The zero-order chi connectivity index (χ0) is 20.2. The predicted molar refractivity (Wildman–Crippen MR) is 113 cm³/mol. The number of aromatic nitrogens is 5. The number of pyridine rings is 1. The summed E-state index contributed by atoms with van der Waals surface area (Å²) in [6.07, 6.45) is 8.01. The van der Waals surface area contributed by atoms with E-state index in [9.17, 15) is 4.79 Å². The van der Waals surface area contributed by atoms with Crippen molar-refractivity contribution in [1.82, 2.24) is 29.6 Å². The van der Waals surface area contributed by atoms with Crippen molar-refractivity contribution < 1.29 is 4.79 Å². The minimum atomic E-state index is -0.108. The molecule has 4 aromatic rings. The molecule has 7 heteroatoms. The first-order valence-electron chi connectivity index (χ1n) is 9.81. The van der Waals surface area contributed by atoms with Gasteiger partial charge < -0.3 is 9.88 Å². The van der Waals surface area contributed by atoms with Crippen molar-refractivity contribution >= 4 is 16.9 Å². The number of amides is 1. The van der Waals surface area contributed by atoms with E-state index in [-0.39, 0.29) is 11.9 Å². The van der Waals surface area contributed by atoms with Gasteiger partial charge in [0, 0.05) is 37.1 Å². The van der Waals surface area contributed by atoms with Crippen LogP contribution in [-0.2, 0) is 6.54 Å². The van der Waals surface area contributed by atoms with Crippen LogP contribution >= 0.6 is 0 Å². The normalized spacial score (nSPS) is 11.3. The summed E-state index contributed by atoms with van der Waals surface area (Å²) in [5.74, 6) is -0.108. The molecule has 3 heterocycles. The number of aryl methyl sites for hydroxylation is 1. The Kier molecular flexibility index (Phi) is 5.37. The van der Waals surface area contributed by atoms with Crippen LogP contribution in [0.4, 0.5) is 0 Å². The number of hydrogen-bond acceptors (Lipinski definition) is 4. The Morgan fingerprint density at radius 3 is 2.76 bits per heavy atom. The zero-order valence-electron chi connectivity index (χ0n) is 16.6. The van der Waals surface area contributed by atoms with Crippen molar-refractivity contribution in [3.63, 3.8) is 0 Å². The monoisotopic (exact) mass is 388 g/mol. The summed E-state index contributed by atoms with van der Waals surface area (Å²) < 4.78 is 3.86. The summed E-state index contributed by atoms with van der Waals surface area (Å²) >= 11 is 0. The zero-order valence-corrected chi connectivity index (χ0v) is 16.6. The van der Waals surface area contributed by atoms with Crippen LogP contribution in [0.3, 0.4) is 0 Å². The lowest BCUT2D eigenvalue weighted by molar-refractivity contribution is 0.0954. The number of fused-ring (bicyclic) bond motifs is 1. The van der Waals surface area contributed by atoms with Crippen molar-refractivity contribution in [3.05, 3.63) is 66.9 Å². The number of hydrogen-bond donors (Lipinski definition) is 1. The lowest BCUT2D eigenvalue weighted by Gasteiger charge is -2.11. The summed E-state index contributed by atoms with van der Waals surface area (Å²) in [4.78, 5) is 21.8. The van der Waals surface area contributed by atoms with Gasteiger partial charge in [0.15, 0.2) is 5.65 Å². The third-order valence-electron chi connectivity index (χ3n) is 4.81. The Hall–Kier alpha value is -3.48. The van der Waals surface area contributed by atoms with E-state index in [4.69, 9.17) is 4.98 Å². The van der Waals surface area contributed by atoms with Crippen LogP contribution < -0.4 is 5.32 Å². The molecular weight excluding hydrogens is 364 g/mol. The van der Waals surface area contributed by atoms with Gasteiger partial charge in [-0.3, -0.25) is 4.79 Å². The van der Waals surface area contributed by atoms with Crippen LogP contribution in [0.5, 0.6) is 0 Å². The molecule has 1 amide bonds. The second kappa shape index (κ2) is 8.26. The molecule has 148 valence electrons. The van der Waals surface area contributed by atoms with Crippen LogP contribution in [0, 0.1) is 0 Å². The Bertz CT molecular complexity index is 1100. The summed E-state index contributed by atoms with van der Waals surface area (Å²) in [5, 5.41) is 8.27. The van der Waals surface area contributed by atoms with Gasteiger partial charge in [0.2, 0.25) is 0 Å². The highest BCUT2D eigenvalue weighted by atomic mass is 16.1. The van der Waals surface area contributed by atoms with E-state index in [0.29, 0.717) is 12.1 Å².